The number of hydrogen-bond donors (Lipinski definition) is 1. The Kier molecular flexibility index (Phi) is 3.16. The zero-order valence-corrected chi connectivity index (χ0v) is 11.7. The van der Waals surface area contributed by atoms with Gasteiger partial charge in [-0.2, -0.15) is 0 Å². The molecule has 3 rings (SSSR count). The summed E-state index contributed by atoms with van der Waals surface area (Å²) in [6.07, 6.45) is 1.76. The van der Waals surface area contributed by atoms with Crippen LogP contribution in [-0.4, -0.2) is 19.7 Å². The molecule has 2 aromatic heterocycles. The van der Waals surface area contributed by atoms with Crippen LogP contribution in [0.4, 0.5) is 5.13 Å². The highest BCUT2D eigenvalue weighted by atomic mass is 32.1. The highest BCUT2D eigenvalue weighted by Crippen LogP contribution is 2.25. The van der Waals surface area contributed by atoms with Crippen molar-refractivity contribution in [3.05, 3.63) is 36.4 Å². The molecule has 6 heteroatoms. The van der Waals surface area contributed by atoms with Crippen molar-refractivity contribution in [3.63, 3.8) is 0 Å². The molecule has 0 bridgehead atoms. The fourth-order valence-corrected chi connectivity index (χ4v) is 2.79. The summed E-state index contributed by atoms with van der Waals surface area (Å²) in [4.78, 5) is 4.54. The molecule has 0 aliphatic carbocycles. The first-order chi connectivity index (χ1) is 9.24. The largest absolute Gasteiger partial charge is 0.354 e. The number of nitrogens with zero attached hydrogens (tertiary/aromatic N) is 4. The number of fused-ring (bicyclic) bond motifs is 1. The number of hydrogen-bond acceptors (Lipinski definition) is 5. The van der Waals surface area contributed by atoms with Crippen molar-refractivity contribution in [2.24, 2.45) is 0 Å². The average molecular weight is 273 g/mol. The molecule has 0 unspecified atom stereocenters. The lowest BCUT2D eigenvalue weighted by atomic mass is 10.3. The number of nitrogens with one attached hydrogen (secondary N) is 1. The van der Waals surface area contributed by atoms with Gasteiger partial charge in [0.15, 0.2) is 11.0 Å². The minimum absolute atomic E-state index is 0.363. The van der Waals surface area contributed by atoms with Crippen molar-refractivity contribution in [1.82, 2.24) is 19.7 Å². The summed E-state index contributed by atoms with van der Waals surface area (Å²) in [7, 11) is 0. The van der Waals surface area contributed by atoms with Crippen molar-refractivity contribution in [2.45, 2.75) is 26.4 Å². The van der Waals surface area contributed by atoms with Crippen molar-refractivity contribution in [1.29, 1.82) is 0 Å². The third kappa shape index (κ3) is 2.44. The predicted octanol–water partition coefficient (Wildman–Crippen LogP) is 3.08. The number of benzene rings is 1. The van der Waals surface area contributed by atoms with Gasteiger partial charge in [-0.3, -0.25) is 0 Å². The summed E-state index contributed by atoms with van der Waals surface area (Å²) in [6, 6.07) is 8.49. The molecule has 1 aromatic carbocycles. The highest BCUT2D eigenvalue weighted by Gasteiger charge is 2.08. The van der Waals surface area contributed by atoms with E-state index in [1.807, 2.05) is 18.2 Å². The molecule has 2 heterocycles. The van der Waals surface area contributed by atoms with Gasteiger partial charge in [0.25, 0.3) is 0 Å². The van der Waals surface area contributed by atoms with E-state index in [0.717, 1.165) is 16.5 Å². The van der Waals surface area contributed by atoms with E-state index in [1.54, 1.807) is 17.7 Å². The molecular weight excluding hydrogens is 258 g/mol. The van der Waals surface area contributed by atoms with Crippen LogP contribution in [0.5, 0.6) is 0 Å². The summed E-state index contributed by atoms with van der Waals surface area (Å²) in [5, 5.41) is 12.3. The van der Waals surface area contributed by atoms with E-state index in [9.17, 15) is 0 Å². The van der Waals surface area contributed by atoms with Crippen LogP contribution in [0.3, 0.4) is 0 Å². The van der Waals surface area contributed by atoms with E-state index < -0.39 is 0 Å². The Morgan fingerprint density at radius 1 is 1.32 bits per heavy atom. The summed E-state index contributed by atoms with van der Waals surface area (Å²) in [5.41, 5.74) is 1.03. The molecule has 0 saturated heterocycles. The molecule has 1 N–H and O–H groups in total. The van der Waals surface area contributed by atoms with Gasteiger partial charge in [-0.1, -0.05) is 23.5 Å². The van der Waals surface area contributed by atoms with E-state index in [0.29, 0.717) is 12.6 Å². The Bertz CT molecular complexity index is 652. The summed E-state index contributed by atoms with van der Waals surface area (Å²) >= 11 is 1.65. The molecule has 0 radical (unpaired) electrons. The molecule has 0 aliphatic rings. The van der Waals surface area contributed by atoms with Gasteiger partial charge in [0.05, 0.1) is 16.8 Å². The Morgan fingerprint density at radius 3 is 2.95 bits per heavy atom. The molecule has 0 spiro atoms. The van der Waals surface area contributed by atoms with Crippen LogP contribution < -0.4 is 5.32 Å². The van der Waals surface area contributed by atoms with Gasteiger partial charge >= 0.3 is 0 Å². The lowest BCUT2D eigenvalue weighted by molar-refractivity contribution is 0.572. The van der Waals surface area contributed by atoms with Crippen molar-refractivity contribution in [2.75, 3.05) is 5.32 Å². The fourth-order valence-electron chi connectivity index (χ4n) is 1.93. The lowest BCUT2D eigenvalue weighted by Gasteiger charge is -2.09. The fraction of sp³-hybridized carbons (Fsp3) is 0.308. The molecule has 0 amide bonds. The van der Waals surface area contributed by atoms with Gasteiger partial charge in [0.1, 0.15) is 6.33 Å². The number of rotatable bonds is 4. The first-order valence-corrected chi connectivity index (χ1v) is 7.03. The van der Waals surface area contributed by atoms with E-state index >= 15 is 0 Å². The van der Waals surface area contributed by atoms with Crippen molar-refractivity contribution in [3.8, 4) is 0 Å². The third-order valence-corrected chi connectivity index (χ3v) is 3.89. The van der Waals surface area contributed by atoms with Gasteiger partial charge in [-0.05, 0) is 26.0 Å². The van der Waals surface area contributed by atoms with Crippen LogP contribution in [-0.2, 0) is 6.54 Å². The molecule has 5 nitrogen and oxygen atoms in total. The number of aromatic nitrogens is 4. The van der Waals surface area contributed by atoms with Gasteiger partial charge in [-0.15, -0.1) is 10.2 Å². The van der Waals surface area contributed by atoms with Crippen LogP contribution in [0.2, 0.25) is 0 Å². The molecule has 0 atom stereocenters. The minimum atomic E-state index is 0.363. The Hall–Kier alpha value is -1.95. The minimum Gasteiger partial charge on any atom is -0.354 e. The second kappa shape index (κ2) is 4.97. The van der Waals surface area contributed by atoms with E-state index in [2.05, 4.69) is 45.0 Å². The summed E-state index contributed by atoms with van der Waals surface area (Å²) < 4.78 is 3.25. The van der Waals surface area contributed by atoms with Crippen molar-refractivity contribution < 1.29 is 0 Å². The first kappa shape index (κ1) is 12.1. The molecule has 19 heavy (non-hydrogen) atoms. The summed E-state index contributed by atoms with van der Waals surface area (Å²) in [6.45, 7) is 4.87. The third-order valence-electron chi connectivity index (χ3n) is 2.90. The average Bonchev–Trinajstić information content (AvgIpc) is 3.02. The Morgan fingerprint density at radius 2 is 2.16 bits per heavy atom. The second-order valence-electron chi connectivity index (χ2n) is 4.59. The maximum Gasteiger partial charge on any atom is 0.184 e. The Labute approximate surface area is 115 Å². The summed E-state index contributed by atoms with van der Waals surface area (Å²) in [5.74, 6) is 0.925. The highest BCUT2D eigenvalue weighted by molar-refractivity contribution is 7.22. The van der Waals surface area contributed by atoms with E-state index in [-0.39, 0.29) is 0 Å². The standard InChI is InChI=1S/C13H15N5S/c1-9(2)18-8-15-17-12(18)7-14-13-16-10-5-3-4-6-11(10)19-13/h3-6,8-9H,7H2,1-2H3,(H,14,16). The van der Waals surface area contributed by atoms with Crippen LogP contribution in [0.1, 0.15) is 25.7 Å². The zero-order chi connectivity index (χ0) is 13.2. The smallest absolute Gasteiger partial charge is 0.184 e. The van der Waals surface area contributed by atoms with Crippen LogP contribution in [0.25, 0.3) is 10.2 Å². The normalized spacial score (nSPS) is 11.3. The van der Waals surface area contributed by atoms with E-state index in [1.165, 1.54) is 4.70 Å². The molecule has 0 fully saturated rings. The predicted molar refractivity (Wildman–Crippen MR) is 77.4 cm³/mol. The topological polar surface area (TPSA) is 55.6 Å². The molecule has 3 aromatic rings. The quantitative estimate of drug-likeness (QED) is 0.793. The Balaban J connectivity index is 1.76. The van der Waals surface area contributed by atoms with Crippen LogP contribution in [0, 0.1) is 0 Å². The zero-order valence-electron chi connectivity index (χ0n) is 10.9. The maximum atomic E-state index is 4.54. The maximum absolute atomic E-state index is 4.54. The molecule has 98 valence electrons. The number of thiazole rings is 1. The van der Waals surface area contributed by atoms with Crippen LogP contribution >= 0.6 is 11.3 Å². The first-order valence-electron chi connectivity index (χ1n) is 6.22. The monoisotopic (exact) mass is 273 g/mol. The lowest BCUT2D eigenvalue weighted by Crippen LogP contribution is -2.09. The van der Waals surface area contributed by atoms with Gasteiger partial charge in [0, 0.05) is 6.04 Å². The van der Waals surface area contributed by atoms with Gasteiger partial charge < -0.3 is 9.88 Å². The number of para-hydroxylation sites is 1. The van der Waals surface area contributed by atoms with Gasteiger partial charge in [0.2, 0.25) is 0 Å². The van der Waals surface area contributed by atoms with Crippen LogP contribution in [0.15, 0.2) is 30.6 Å². The van der Waals surface area contributed by atoms with Gasteiger partial charge in [-0.25, -0.2) is 4.98 Å². The van der Waals surface area contributed by atoms with E-state index in [4.69, 9.17) is 0 Å². The molecule has 0 aliphatic heterocycles. The second-order valence-corrected chi connectivity index (χ2v) is 5.62. The van der Waals surface area contributed by atoms with Crippen molar-refractivity contribution >= 4 is 26.7 Å². The number of anilines is 1. The SMILES string of the molecule is CC(C)n1cnnc1CNc1nc2ccccc2s1. The molecule has 0 saturated carbocycles. The molecular formula is C13H15N5S.